The minimum absolute atomic E-state index is 0.525. The third-order valence-electron chi connectivity index (χ3n) is 12.9. The zero-order valence-electron chi connectivity index (χ0n) is 34.0. The maximum atomic E-state index is 6.63. The van der Waals surface area contributed by atoms with Crippen molar-refractivity contribution in [2.45, 2.75) is 5.41 Å². The van der Waals surface area contributed by atoms with Crippen LogP contribution in [-0.4, -0.2) is 19.5 Å². The maximum absolute atomic E-state index is 6.63. The molecule has 0 amide bonds. The highest BCUT2D eigenvalue weighted by Crippen LogP contribution is 2.59. The van der Waals surface area contributed by atoms with Crippen LogP contribution in [0, 0.1) is 0 Å². The molecule has 0 radical (unpaired) electrons. The van der Waals surface area contributed by atoms with Crippen LogP contribution in [-0.2, 0) is 5.41 Å². The Bertz CT molecular complexity index is 3690. The molecule has 0 bridgehead atoms. The number of benzene rings is 9. The molecule has 0 fully saturated rings. The van der Waals surface area contributed by atoms with E-state index in [1.54, 1.807) is 0 Å². The Kier molecular flexibility index (Phi) is 7.75. The molecule has 12 aromatic rings. The first-order valence-electron chi connectivity index (χ1n) is 21.4. The first kappa shape index (κ1) is 35.4. The Morgan fingerprint density at radius 1 is 0.397 bits per heavy atom. The Labute approximate surface area is 363 Å². The molecule has 0 spiro atoms. The minimum atomic E-state index is -0.680. The lowest BCUT2D eigenvalue weighted by Gasteiger charge is -2.34. The zero-order valence-corrected chi connectivity index (χ0v) is 34.0. The second-order valence-corrected chi connectivity index (χ2v) is 16.3. The van der Waals surface area contributed by atoms with Crippen molar-refractivity contribution in [3.63, 3.8) is 0 Å². The fourth-order valence-corrected chi connectivity index (χ4v) is 10.3. The summed E-state index contributed by atoms with van der Waals surface area (Å²) in [5.74, 6) is 1.63. The van der Waals surface area contributed by atoms with Gasteiger partial charge < -0.3 is 4.42 Å². The van der Waals surface area contributed by atoms with E-state index in [0.29, 0.717) is 17.6 Å². The average molecular weight is 805 g/mol. The van der Waals surface area contributed by atoms with E-state index >= 15 is 0 Å². The molecule has 9 aromatic carbocycles. The van der Waals surface area contributed by atoms with Crippen molar-refractivity contribution < 1.29 is 4.42 Å². The molecule has 1 aliphatic carbocycles. The second-order valence-electron chi connectivity index (χ2n) is 16.3. The van der Waals surface area contributed by atoms with Crippen LogP contribution in [0.4, 0.5) is 0 Å². The molecule has 0 N–H and O–H groups in total. The molecular weight excluding hydrogens is 769 g/mol. The van der Waals surface area contributed by atoms with Gasteiger partial charge in [0.25, 0.3) is 0 Å². The molecule has 1 aliphatic rings. The monoisotopic (exact) mass is 804 g/mol. The lowest BCUT2D eigenvalue weighted by Crippen LogP contribution is -2.29. The van der Waals surface area contributed by atoms with E-state index in [9.17, 15) is 0 Å². The van der Waals surface area contributed by atoms with Crippen LogP contribution in [0.15, 0.2) is 223 Å². The van der Waals surface area contributed by atoms with Gasteiger partial charge in [0.1, 0.15) is 11.2 Å². The number of aromatic nitrogens is 4. The van der Waals surface area contributed by atoms with Crippen molar-refractivity contribution in [3.8, 4) is 51.0 Å². The summed E-state index contributed by atoms with van der Waals surface area (Å²) in [6, 6.07) is 77.5. The Hall–Kier alpha value is -8.41. The van der Waals surface area contributed by atoms with Crippen LogP contribution in [0.2, 0.25) is 0 Å². The van der Waals surface area contributed by atoms with E-state index in [4.69, 9.17) is 19.4 Å². The average Bonchev–Trinajstić information content (AvgIpc) is 4.01. The first-order valence-corrected chi connectivity index (χ1v) is 21.4. The van der Waals surface area contributed by atoms with Crippen molar-refractivity contribution in [2.75, 3.05) is 0 Å². The predicted octanol–water partition coefficient (Wildman–Crippen LogP) is 14.2. The van der Waals surface area contributed by atoms with Gasteiger partial charge in [-0.25, -0.2) is 4.98 Å². The van der Waals surface area contributed by atoms with Crippen molar-refractivity contribution in [1.82, 2.24) is 19.5 Å². The summed E-state index contributed by atoms with van der Waals surface area (Å²) in [7, 11) is 0. The smallest absolute Gasteiger partial charge is 0.238 e. The molecule has 5 heteroatoms. The third-order valence-corrected chi connectivity index (χ3v) is 12.9. The number of fused-ring (bicyclic) bond motifs is 10. The molecule has 3 heterocycles. The highest BCUT2D eigenvalue weighted by Gasteiger charge is 2.48. The van der Waals surface area contributed by atoms with Crippen molar-refractivity contribution in [3.05, 3.63) is 241 Å². The first-order chi connectivity index (χ1) is 31.3. The van der Waals surface area contributed by atoms with Gasteiger partial charge in [-0.3, -0.25) is 4.57 Å². The predicted molar refractivity (Wildman–Crippen MR) is 255 cm³/mol. The molecule has 3 aromatic heterocycles. The Balaban J connectivity index is 1.21. The van der Waals surface area contributed by atoms with Gasteiger partial charge in [-0.05, 0) is 57.1 Å². The summed E-state index contributed by atoms with van der Waals surface area (Å²) < 4.78 is 8.95. The summed E-state index contributed by atoms with van der Waals surface area (Å²) in [6.07, 6.45) is 0. The van der Waals surface area contributed by atoms with E-state index in [1.165, 1.54) is 33.4 Å². The normalized spacial score (nSPS) is 12.9. The number of hydrogen-bond acceptors (Lipinski definition) is 4. The molecule has 0 atom stereocenters. The molecule has 294 valence electrons. The summed E-state index contributed by atoms with van der Waals surface area (Å²) in [5, 5.41) is 4.30. The molecule has 0 saturated carbocycles. The zero-order chi connectivity index (χ0) is 41.5. The van der Waals surface area contributed by atoms with Gasteiger partial charge in [0, 0.05) is 32.7 Å². The largest absolute Gasteiger partial charge is 0.455 e. The van der Waals surface area contributed by atoms with E-state index < -0.39 is 5.41 Å². The molecular formula is C58H36N4O. The molecule has 63 heavy (non-hydrogen) atoms. The van der Waals surface area contributed by atoms with Gasteiger partial charge in [-0.1, -0.05) is 200 Å². The highest BCUT2D eigenvalue weighted by atomic mass is 16.3. The summed E-state index contributed by atoms with van der Waals surface area (Å²) in [4.78, 5) is 16.3. The lowest BCUT2D eigenvalue weighted by molar-refractivity contribution is 0.669. The van der Waals surface area contributed by atoms with Gasteiger partial charge in [0.2, 0.25) is 5.95 Å². The van der Waals surface area contributed by atoms with Gasteiger partial charge in [0.15, 0.2) is 11.6 Å². The summed E-state index contributed by atoms with van der Waals surface area (Å²) in [6.45, 7) is 0. The number of rotatable bonds is 6. The number of hydrogen-bond donors (Lipinski definition) is 0. The SMILES string of the molecule is c1ccc(-c2ccc3c4ccc5c(c4n(-c4nc(-c6ccccc6)nc(-c6cccc7c6oc6ccccc67)n4)c3c2)C(c2ccccc2)(c2ccccc2)c2ccccc2-5)cc1. The number of furan rings is 1. The van der Waals surface area contributed by atoms with Crippen LogP contribution in [0.5, 0.6) is 0 Å². The summed E-state index contributed by atoms with van der Waals surface area (Å²) >= 11 is 0. The molecule has 0 saturated heterocycles. The summed E-state index contributed by atoms with van der Waals surface area (Å²) in [5.41, 5.74) is 14.1. The highest BCUT2D eigenvalue weighted by molar-refractivity contribution is 6.14. The Morgan fingerprint density at radius 2 is 1.00 bits per heavy atom. The van der Waals surface area contributed by atoms with Crippen LogP contribution < -0.4 is 0 Å². The van der Waals surface area contributed by atoms with E-state index in [2.05, 4.69) is 187 Å². The lowest BCUT2D eigenvalue weighted by atomic mass is 9.67. The Morgan fingerprint density at radius 3 is 1.76 bits per heavy atom. The van der Waals surface area contributed by atoms with Crippen LogP contribution in [0.25, 0.3) is 94.7 Å². The van der Waals surface area contributed by atoms with Crippen LogP contribution >= 0.6 is 0 Å². The van der Waals surface area contributed by atoms with Gasteiger partial charge in [0.05, 0.1) is 22.0 Å². The minimum Gasteiger partial charge on any atom is -0.455 e. The van der Waals surface area contributed by atoms with E-state index in [0.717, 1.165) is 66.0 Å². The standard InChI is InChI=1S/C58H36N4O/c1-5-18-37(19-6-1)39-32-33-43-46-35-34-45-42-26-13-15-30-49(42)58(40-22-9-3-10-23-40,41-24-11-4-12-25-41)52(45)53(46)62(50(43)36-39)57-60-55(38-20-7-2-8-21-38)59-56(61-57)48-29-17-28-47-44-27-14-16-31-51(44)63-54(47)48/h1-36H. The van der Waals surface area contributed by atoms with E-state index in [-0.39, 0.29) is 0 Å². The van der Waals surface area contributed by atoms with Crippen molar-refractivity contribution in [2.24, 2.45) is 0 Å². The maximum Gasteiger partial charge on any atom is 0.238 e. The van der Waals surface area contributed by atoms with Gasteiger partial charge in [-0.2, -0.15) is 9.97 Å². The fraction of sp³-hybridized carbons (Fsp3) is 0.0172. The molecule has 0 aliphatic heterocycles. The van der Waals surface area contributed by atoms with Crippen LogP contribution in [0.1, 0.15) is 22.3 Å². The molecule has 13 rings (SSSR count). The van der Waals surface area contributed by atoms with Crippen molar-refractivity contribution >= 4 is 43.7 Å². The van der Waals surface area contributed by atoms with Crippen molar-refractivity contribution in [1.29, 1.82) is 0 Å². The number of para-hydroxylation sites is 2. The van der Waals surface area contributed by atoms with Gasteiger partial charge in [-0.15, -0.1) is 0 Å². The number of nitrogens with zero attached hydrogens (tertiary/aromatic N) is 4. The van der Waals surface area contributed by atoms with E-state index in [1.807, 2.05) is 36.4 Å². The molecule has 5 nitrogen and oxygen atoms in total. The second kappa shape index (κ2) is 13.8. The van der Waals surface area contributed by atoms with Gasteiger partial charge >= 0.3 is 0 Å². The fourth-order valence-electron chi connectivity index (χ4n) is 10.3. The topological polar surface area (TPSA) is 56.7 Å². The third kappa shape index (κ3) is 5.20. The quantitative estimate of drug-likeness (QED) is 0.168. The van der Waals surface area contributed by atoms with Crippen LogP contribution in [0.3, 0.4) is 0 Å². The molecule has 0 unspecified atom stereocenters.